The van der Waals surface area contributed by atoms with E-state index in [0.717, 1.165) is 25.6 Å². The highest BCUT2D eigenvalue weighted by Gasteiger charge is 2.23. The van der Waals surface area contributed by atoms with Crippen LogP contribution in [-0.4, -0.2) is 29.6 Å². The average molecular weight is 207 g/mol. The van der Waals surface area contributed by atoms with Crippen molar-refractivity contribution in [3.63, 3.8) is 0 Å². The average Bonchev–Trinajstić information content (AvgIpc) is 2.61. The van der Waals surface area contributed by atoms with Gasteiger partial charge in [-0.2, -0.15) is 5.10 Å². The van der Waals surface area contributed by atoms with Crippen LogP contribution in [0.5, 0.6) is 5.88 Å². The molecule has 0 saturated heterocycles. The Hall–Kier alpha value is -1.32. The van der Waals surface area contributed by atoms with Crippen molar-refractivity contribution < 1.29 is 4.74 Å². The van der Waals surface area contributed by atoms with Crippen LogP contribution in [-0.2, 0) is 6.54 Å². The van der Waals surface area contributed by atoms with Crippen molar-refractivity contribution in [3.05, 3.63) is 11.8 Å². The zero-order valence-corrected chi connectivity index (χ0v) is 9.31. The molecule has 0 aromatic carbocycles. The first kappa shape index (κ1) is 10.2. The van der Waals surface area contributed by atoms with E-state index < -0.39 is 0 Å². The van der Waals surface area contributed by atoms with Crippen LogP contribution in [0.1, 0.15) is 25.3 Å². The van der Waals surface area contributed by atoms with E-state index in [-0.39, 0.29) is 0 Å². The molecule has 0 saturated carbocycles. The summed E-state index contributed by atoms with van der Waals surface area (Å²) in [5.41, 5.74) is 1.19. The molecule has 1 aromatic heterocycles. The van der Waals surface area contributed by atoms with Crippen molar-refractivity contribution in [2.75, 3.05) is 13.2 Å². The number of ether oxygens (including phenoxy) is 1. The zero-order valence-electron chi connectivity index (χ0n) is 9.31. The summed E-state index contributed by atoms with van der Waals surface area (Å²) in [5.74, 6) is 1.81. The Kier molecular flexibility index (Phi) is 2.75. The predicted octanol–water partition coefficient (Wildman–Crippen LogP) is 1.72. The maximum atomic E-state index is 5.73. The van der Waals surface area contributed by atoms with Crippen molar-refractivity contribution in [1.29, 1.82) is 0 Å². The molecule has 0 bridgehead atoms. The Morgan fingerprint density at radius 1 is 1.73 bits per heavy atom. The minimum Gasteiger partial charge on any atom is -0.477 e. The summed E-state index contributed by atoms with van der Waals surface area (Å²) in [5, 5.41) is 4.34. The predicted molar refractivity (Wildman–Crippen MR) is 59.7 cm³/mol. The molecule has 0 amide bonds. The fourth-order valence-electron chi connectivity index (χ4n) is 1.86. The topological polar surface area (TPSA) is 39.4 Å². The molecule has 15 heavy (non-hydrogen) atoms. The summed E-state index contributed by atoms with van der Waals surface area (Å²) in [6.07, 6.45) is 1.91. The van der Waals surface area contributed by atoms with Gasteiger partial charge in [0.1, 0.15) is 0 Å². The van der Waals surface area contributed by atoms with Crippen LogP contribution in [0.3, 0.4) is 0 Å². The summed E-state index contributed by atoms with van der Waals surface area (Å²) >= 11 is 0. The summed E-state index contributed by atoms with van der Waals surface area (Å²) in [6, 6.07) is 0. The summed E-state index contributed by atoms with van der Waals surface area (Å²) in [7, 11) is 0. The zero-order chi connectivity index (χ0) is 10.8. The summed E-state index contributed by atoms with van der Waals surface area (Å²) < 4.78 is 7.67. The van der Waals surface area contributed by atoms with E-state index in [0.29, 0.717) is 11.8 Å². The van der Waals surface area contributed by atoms with Crippen molar-refractivity contribution >= 4 is 6.72 Å². The molecule has 1 aliphatic heterocycles. The summed E-state index contributed by atoms with van der Waals surface area (Å²) in [4.78, 5) is 3.90. The first-order valence-electron chi connectivity index (χ1n) is 5.33. The van der Waals surface area contributed by atoms with Crippen LogP contribution >= 0.6 is 0 Å². The molecular formula is C11H17N3O. The number of rotatable bonds is 3. The monoisotopic (exact) mass is 207 g/mol. The maximum absolute atomic E-state index is 5.73. The molecule has 1 aliphatic rings. The molecular weight excluding hydrogens is 190 g/mol. The third-order valence-corrected chi connectivity index (χ3v) is 2.71. The highest BCUT2D eigenvalue weighted by molar-refractivity contribution is 5.28. The lowest BCUT2D eigenvalue weighted by molar-refractivity contribution is 0.167. The second-order valence-electron chi connectivity index (χ2n) is 4.33. The van der Waals surface area contributed by atoms with Crippen LogP contribution in [0.2, 0.25) is 0 Å². The van der Waals surface area contributed by atoms with Crippen molar-refractivity contribution in [2.45, 2.75) is 26.3 Å². The van der Waals surface area contributed by atoms with Gasteiger partial charge in [-0.05, 0) is 12.6 Å². The highest BCUT2D eigenvalue weighted by Crippen LogP contribution is 2.29. The van der Waals surface area contributed by atoms with Crippen LogP contribution < -0.4 is 4.74 Å². The first-order valence-corrected chi connectivity index (χ1v) is 5.33. The molecule has 2 heterocycles. The molecule has 82 valence electrons. The SMILES string of the molecule is C=NCC1COc2c(C(C)C)cnn2C1. The van der Waals surface area contributed by atoms with Crippen LogP contribution in [0.15, 0.2) is 11.2 Å². The lowest BCUT2D eigenvalue weighted by Crippen LogP contribution is -2.28. The Morgan fingerprint density at radius 2 is 2.53 bits per heavy atom. The van der Waals surface area contributed by atoms with Gasteiger partial charge >= 0.3 is 0 Å². The number of hydrogen-bond donors (Lipinski definition) is 0. The number of hydrogen-bond acceptors (Lipinski definition) is 3. The van der Waals surface area contributed by atoms with Gasteiger partial charge < -0.3 is 9.73 Å². The molecule has 4 nitrogen and oxygen atoms in total. The third-order valence-electron chi connectivity index (χ3n) is 2.71. The number of fused-ring (bicyclic) bond motifs is 1. The molecule has 0 radical (unpaired) electrons. The smallest absolute Gasteiger partial charge is 0.215 e. The number of aliphatic imine (C=N–C) groups is 1. The Labute approximate surface area is 90.0 Å². The Bertz CT molecular complexity index is 357. The fourth-order valence-corrected chi connectivity index (χ4v) is 1.86. The molecule has 1 atom stereocenters. The van der Waals surface area contributed by atoms with Crippen molar-refractivity contribution in [1.82, 2.24) is 9.78 Å². The quantitative estimate of drug-likeness (QED) is 0.708. The molecule has 4 heteroatoms. The maximum Gasteiger partial charge on any atom is 0.215 e. The van der Waals surface area contributed by atoms with Gasteiger partial charge in [-0.25, -0.2) is 4.68 Å². The molecule has 0 N–H and O–H groups in total. The van der Waals surface area contributed by atoms with Gasteiger partial charge in [-0.15, -0.1) is 0 Å². The molecule has 0 fully saturated rings. The molecule has 1 unspecified atom stereocenters. The van der Waals surface area contributed by atoms with Gasteiger partial charge in [0.2, 0.25) is 5.88 Å². The second kappa shape index (κ2) is 4.04. The normalized spacial score (nSPS) is 19.8. The number of aromatic nitrogens is 2. The van der Waals surface area contributed by atoms with Gasteiger partial charge in [0.25, 0.3) is 0 Å². The molecule has 1 aromatic rings. The van der Waals surface area contributed by atoms with Crippen LogP contribution in [0, 0.1) is 5.92 Å². The first-order chi connectivity index (χ1) is 7.22. The van der Waals surface area contributed by atoms with E-state index in [2.05, 4.69) is 30.7 Å². The van der Waals surface area contributed by atoms with E-state index in [1.165, 1.54) is 5.56 Å². The van der Waals surface area contributed by atoms with E-state index in [1.54, 1.807) is 0 Å². The van der Waals surface area contributed by atoms with Gasteiger partial charge in [0.15, 0.2) is 0 Å². The minimum absolute atomic E-state index is 0.412. The van der Waals surface area contributed by atoms with Crippen molar-refractivity contribution in [3.8, 4) is 5.88 Å². The van der Waals surface area contributed by atoms with E-state index in [4.69, 9.17) is 4.74 Å². The third kappa shape index (κ3) is 1.89. The van der Waals surface area contributed by atoms with Gasteiger partial charge in [-0.1, -0.05) is 13.8 Å². The Balaban J connectivity index is 2.18. The van der Waals surface area contributed by atoms with Crippen LogP contribution in [0.25, 0.3) is 0 Å². The van der Waals surface area contributed by atoms with E-state index in [9.17, 15) is 0 Å². The second-order valence-corrected chi connectivity index (χ2v) is 4.33. The van der Waals surface area contributed by atoms with Gasteiger partial charge in [0.05, 0.1) is 19.3 Å². The highest BCUT2D eigenvalue weighted by atomic mass is 16.5. The molecule has 0 spiro atoms. The minimum atomic E-state index is 0.412. The standard InChI is InChI=1S/C11H17N3O/c1-8(2)10-5-13-14-6-9(4-12-3)7-15-11(10)14/h5,8-9H,3-4,6-7H2,1-2H3. The lowest BCUT2D eigenvalue weighted by atomic mass is 10.1. The largest absolute Gasteiger partial charge is 0.477 e. The van der Waals surface area contributed by atoms with Crippen molar-refractivity contribution in [2.24, 2.45) is 10.9 Å². The molecule has 2 rings (SSSR count). The Morgan fingerprint density at radius 3 is 3.20 bits per heavy atom. The number of nitrogens with zero attached hydrogens (tertiary/aromatic N) is 3. The lowest BCUT2D eigenvalue weighted by Gasteiger charge is -2.23. The summed E-state index contributed by atoms with van der Waals surface area (Å²) in [6.45, 7) is 10.2. The van der Waals surface area contributed by atoms with Crippen LogP contribution in [0.4, 0.5) is 0 Å². The van der Waals surface area contributed by atoms with Gasteiger partial charge in [0, 0.05) is 18.0 Å². The fraction of sp³-hybridized carbons (Fsp3) is 0.636. The van der Waals surface area contributed by atoms with E-state index >= 15 is 0 Å². The van der Waals surface area contributed by atoms with Gasteiger partial charge in [-0.3, -0.25) is 0 Å². The van der Waals surface area contributed by atoms with E-state index in [1.807, 2.05) is 10.9 Å². The molecule has 0 aliphatic carbocycles.